The second kappa shape index (κ2) is 9.11. The van der Waals surface area contributed by atoms with Gasteiger partial charge in [-0.25, -0.2) is 9.97 Å². The van der Waals surface area contributed by atoms with E-state index >= 15 is 0 Å². The zero-order valence-electron chi connectivity index (χ0n) is 20.2. The van der Waals surface area contributed by atoms with Crippen LogP contribution in [-0.2, 0) is 13.0 Å². The summed E-state index contributed by atoms with van der Waals surface area (Å²) in [4.78, 5) is 28.9. The number of aromatic amines is 1. The van der Waals surface area contributed by atoms with E-state index < -0.39 is 0 Å². The minimum absolute atomic E-state index is 0.0180. The lowest BCUT2D eigenvalue weighted by Gasteiger charge is -2.10. The van der Waals surface area contributed by atoms with E-state index in [-0.39, 0.29) is 5.43 Å². The summed E-state index contributed by atoms with van der Waals surface area (Å²) < 4.78 is 8.14. The Bertz CT molecular complexity index is 1630. The maximum absolute atomic E-state index is 12.3. The van der Waals surface area contributed by atoms with Crippen molar-refractivity contribution in [2.45, 2.75) is 51.6 Å². The van der Waals surface area contributed by atoms with Crippen molar-refractivity contribution in [3.8, 4) is 11.4 Å². The van der Waals surface area contributed by atoms with Gasteiger partial charge in [-0.3, -0.25) is 14.3 Å². The molecule has 4 heterocycles. The van der Waals surface area contributed by atoms with Crippen molar-refractivity contribution >= 4 is 27.8 Å². The van der Waals surface area contributed by atoms with Crippen molar-refractivity contribution < 1.29 is 4.74 Å². The highest BCUT2D eigenvalue weighted by molar-refractivity contribution is 5.91. The SMILES string of the molecule is CCc1cc(=O)c2ccc(OCc3cncc(-n4cc(C5CCCC5)c5c(N)ncnc54)c3)cc2[nH]1. The summed E-state index contributed by atoms with van der Waals surface area (Å²) in [6.45, 7) is 2.36. The summed E-state index contributed by atoms with van der Waals surface area (Å²) in [5.41, 5.74) is 11.9. The van der Waals surface area contributed by atoms with E-state index in [1.807, 2.05) is 25.3 Å². The second-order valence-electron chi connectivity index (χ2n) is 9.45. The van der Waals surface area contributed by atoms with Gasteiger partial charge in [0.25, 0.3) is 0 Å². The van der Waals surface area contributed by atoms with E-state index in [1.54, 1.807) is 18.3 Å². The molecule has 0 aliphatic heterocycles. The van der Waals surface area contributed by atoms with Crippen LogP contribution in [0.15, 0.2) is 60.0 Å². The van der Waals surface area contributed by atoms with Gasteiger partial charge in [-0.2, -0.15) is 0 Å². The molecule has 6 rings (SSSR count). The summed E-state index contributed by atoms with van der Waals surface area (Å²) in [6.07, 6.45) is 12.9. The summed E-state index contributed by atoms with van der Waals surface area (Å²) >= 11 is 0. The third kappa shape index (κ3) is 3.98. The lowest BCUT2D eigenvalue weighted by molar-refractivity contribution is 0.306. The van der Waals surface area contributed by atoms with Gasteiger partial charge in [0.2, 0.25) is 0 Å². The van der Waals surface area contributed by atoms with Crippen molar-refractivity contribution in [3.63, 3.8) is 0 Å². The van der Waals surface area contributed by atoms with Crippen LogP contribution in [0.5, 0.6) is 5.75 Å². The number of nitrogens with zero attached hydrogens (tertiary/aromatic N) is 4. The molecule has 5 aromatic rings. The molecule has 1 saturated carbocycles. The fourth-order valence-corrected chi connectivity index (χ4v) is 5.28. The molecule has 0 spiro atoms. The zero-order valence-corrected chi connectivity index (χ0v) is 20.2. The van der Waals surface area contributed by atoms with Gasteiger partial charge in [0.1, 0.15) is 30.1 Å². The predicted octanol–water partition coefficient (Wildman–Crippen LogP) is 5.04. The molecular weight excluding hydrogens is 452 g/mol. The van der Waals surface area contributed by atoms with E-state index in [2.05, 4.69) is 36.8 Å². The minimum atomic E-state index is 0.0180. The standard InChI is InChI=1S/C28H28N6O2/c1-2-19-10-25(35)22-8-7-21(11-24(22)33-19)36-15-17-9-20(13-30-12-17)34-14-23(18-5-3-4-6-18)26-27(29)31-16-32-28(26)34/h7-14,16,18H,2-6,15H2,1H3,(H,33,35)(H2,29,31,32). The maximum atomic E-state index is 12.3. The number of anilines is 1. The van der Waals surface area contributed by atoms with Crippen LogP contribution >= 0.6 is 0 Å². The van der Waals surface area contributed by atoms with Crippen LogP contribution in [0, 0.1) is 0 Å². The molecule has 8 nitrogen and oxygen atoms in total. The Morgan fingerprint density at radius 1 is 1.14 bits per heavy atom. The van der Waals surface area contributed by atoms with Crippen molar-refractivity contribution in [1.29, 1.82) is 0 Å². The monoisotopic (exact) mass is 480 g/mol. The average Bonchev–Trinajstić information content (AvgIpc) is 3.56. The Balaban J connectivity index is 1.30. The lowest BCUT2D eigenvalue weighted by Crippen LogP contribution is -2.05. The van der Waals surface area contributed by atoms with E-state index in [1.165, 1.54) is 24.7 Å². The number of benzene rings is 1. The van der Waals surface area contributed by atoms with Gasteiger partial charge >= 0.3 is 0 Å². The van der Waals surface area contributed by atoms with Crippen molar-refractivity contribution in [1.82, 2.24) is 24.5 Å². The number of pyridine rings is 2. The number of aryl methyl sites for hydroxylation is 1. The molecule has 0 atom stereocenters. The van der Waals surface area contributed by atoms with Gasteiger partial charge in [-0.05, 0) is 48.9 Å². The highest BCUT2D eigenvalue weighted by Gasteiger charge is 2.24. The molecule has 1 aromatic carbocycles. The van der Waals surface area contributed by atoms with Gasteiger partial charge in [0.05, 0.1) is 22.8 Å². The Morgan fingerprint density at radius 2 is 2.00 bits per heavy atom. The average molecular weight is 481 g/mol. The molecule has 8 heteroatoms. The van der Waals surface area contributed by atoms with Gasteiger partial charge in [0.15, 0.2) is 5.43 Å². The quantitative estimate of drug-likeness (QED) is 0.352. The van der Waals surface area contributed by atoms with E-state index in [0.717, 1.165) is 52.8 Å². The highest BCUT2D eigenvalue weighted by Crippen LogP contribution is 2.40. The number of fused-ring (bicyclic) bond motifs is 2. The maximum Gasteiger partial charge on any atom is 0.189 e. The summed E-state index contributed by atoms with van der Waals surface area (Å²) in [5.74, 6) is 1.69. The Morgan fingerprint density at radius 3 is 2.83 bits per heavy atom. The molecule has 0 bridgehead atoms. The molecule has 1 aliphatic rings. The number of nitrogen functional groups attached to an aromatic ring is 1. The lowest BCUT2D eigenvalue weighted by atomic mass is 9.98. The number of nitrogens with two attached hydrogens (primary N) is 1. The van der Waals surface area contributed by atoms with Crippen molar-refractivity contribution in [2.24, 2.45) is 0 Å². The molecular formula is C28H28N6O2. The number of hydrogen-bond acceptors (Lipinski definition) is 6. The highest BCUT2D eigenvalue weighted by atomic mass is 16.5. The van der Waals surface area contributed by atoms with Gasteiger partial charge < -0.3 is 15.5 Å². The number of H-pyrrole nitrogens is 1. The predicted molar refractivity (Wildman–Crippen MR) is 141 cm³/mol. The summed E-state index contributed by atoms with van der Waals surface area (Å²) in [5, 5.41) is 1.60. The Hall–Kier alpha value is -4.20. The normalized spacial score (nSPS) is 14.1. The molecule has 0 amide bonds. The van der Waals surface area contributed by atoms with E-state index in [9.17, 15) is 4.79 Å². The molecule has 1 aliphatic carbocycles. The van der Waals surface area contributed by atoms with E-state index in [0.29, 0.717) is 29.5 Å². The topological polar surface area (TPSA) is 112 Å². The zero-order chi connectivity index (χ0) is 24.6. The number of ether oxygens (including phenoxy) is 1. The molecule has 0 unspecified atom stereocenters. The first kappa shape index (κ1) is 22.3. The van der Waals surface area contributed by atoms with Crippen LogP contribution in [0.25, 0.3) is 27.6 Å². The largest absolute Gasteiger partial charge is 0.489 e. The summed E-state index contributed by atoms with van der Waals surface area (Å²) in [6, 6.07) is 9.22. The smallest absolute Gasteiger partial charge is 0.189 e. The van der Waals surface area contributed by atoms with Crippen LogP contribution in [0.3, 0.4) is 0 Å². The molecule has 0 saturated heterocycles. The van der Waals surface area contributed by atoms with Gasteiger partial charge in [-0.1, -0.05) is 19.8 Å². The third-order valence-electron chi connectivity index (χ3n) is 7.14. The molecule has 3 N–H and O–H groups in total. The molecule has 1 fully saturated rings. The number of aromatic nitrogens is 5. The molecule has 182 valence electrons. The minimum Gasteiger partial charge on any atom is -0.489 e. The Labute approximate surface area is 208 Å². The first-order chi connectivity index (χ1) is 17.6. The number of rotatable bonds is 6. The first-order valence-corrected chi connectivity index (χ1v) is 12.4. The van der Waals surface area contributed by atoms with Crippen LogP contribution < -0.4 is 15.9 Å². The number of hydrogen-bond donors (Lipinski definition) is 2. The van der Waals surface area contributed by atoms with Crippen LogP contribution in [0.4, 0.5) is 5.82 Å². The van der Waals surface area contributed by atoms with Gasteiger partial charge in [-0.15, -0.1) is 0 Å². The Kier molecular flexibility index (Phi) is 5.64. The molecule has 0 radical (unpaired) electrons. The van der Waals surface area contributed by atoms with Crippen LogP contribution in [0.1, 0.15) is 55.3 Å². The number of nitrogens with one attached hydrogen (secondary N) is 1. The third-order valence-corrected chi connectivity index (χ3v) is 7.14. The fourth-order valence-electron chi connectivity index (χ4n) is 5.28. The van der Waals surface area contributed by atoms with Crippen molar-refractivity contribution in [3.05, 3.63) is 82.3 Å². The summed E-state index contributed by atoms with van der Waals surface area (Å²) in [7, 11) is 0. The van der Waals surface area contributed by atoms with E-state index in [4.69, 9.17) is 10.5 Å². The first-order valence-electron chi connectivity index (χ1n) is 12.4. The fraction of sp³-hybridized carbons (Fsp3) is 0.286. The van der Waals surface area contributed by atoms with Crippen LogP contribution in [0.2, 0.25) is 0 Å². The van der Waals surface area contributed by atoms with Gasteiger partial charge in [0, 0.05) is 41.2 Å². The molecule has 36 heavy (non-hydrogen) atoms. The molecule has 4 aromatic heterocycles. The van der Waals surface area contributed by atoms with Crippen molar-refractivity contribution in [2.75, 3.05) is 5.73 Å². The second-order valence-corrected chi connectivity index (χ2v) is 9.45. The van der Waals surface area contributed by atoms with Crippen LogP contribution in [-0.4, -0.2) is 24.5 Å².